The van der Waals surface area contributed by atoms with Gasteiger partial charge in [0.15, 0.2) is 0 Å². The van der Waals surface area contributed by atoms with Crippen LogP contribution in [0.5, 0.6) is 0 Å². The first-order valence-electron chi connectivity index (χ1n) is 5.08. The summed E-state index contributed by atoms with van der Waals surface area (Å²) in [5, 5.41) is 9.53. The molecule has 0 aromatic carbocycles. The molecule has 3 heteroatoms. The van der Waals surface area contributed by atoms with E-state index >= 15 is 0 Å². The zero-order chi connectivity index (χ0) is 9.90. The van der Waals surface area contributed by atoms with Gasteiger partial charge in [-0.1, -0.05) is 6.92 Å². The Morgan fingerprint density at radius 1 is 1.54 bits per heavy atom. The molecule has 13 heavy (non-hydrogen) atoms. The first kappa shape index (κ1) is 11.3. The molecule has 1 aliphatic heterocycles. The number of nitrogens with zero attached hydrogens (tertiary/aromatic N) is 1. The van der Waals surface area contributed by atoms with Crippen molar-refractivity contribution < 1.29 is 5.11 Å². The van der Waals surface area contributed by atoms with Crippen LogP contribution in [0.2, 0.25) is 0 Å². The van der Waals surface area contributed by atoms with Crippen LogP contribution in [0.1, 0.15) is 27.2 Å². The summed E-state index contributed by atoms with van der Waals surface area (Å²) in [5.74, 6) is 1.20. The highest BCUT2D eigenvalue weighted by molar-refractivity contribution is 8.00. The Balaban J connectivity index is 2.34. The molecule has 0 aromatic heterocycles. The maximum Gasteiger partial charge on any atom is 0.0664 e. The second-order valence-corrected chi connectivity index (χ2v) is 6.21. The summed E-state index contributed by atoms with van der Waals surface area (Å²) in [5.41, 5.74) is 0. The van der Waals surface area contributed by atoms with Crippen molar-refractivity contribution in [1.29, 1.82) is 0 Å². The summed E-state index contributed by atoms with van der Waals surface area (Å²) < 4.78 is 0.367. The van der Waals surface area contributed by atoms with Crippen molar-refractivity contribution in [3.63, 3.8) is 0 Å². The van der Waals surface area contributed by atoms with Gasteiger partial charge in [-0.25, -0.2) is 0 Å². The summed E-state index contributed by atoms with van der Waals surface area (Å²) in [7, 11) is 0. The molecule has 0 aromatic rings. The molecular weight excluding hydrogens is 182 g/mol. The lowest BCUT2D eigenvalue weighted by atomic mass is 10.1. The Morgan fingerprint density at radius 2 is 2.23 bits per heavy atom. The zero-order valence-electron chi connectivity index (χ0n) is 8.92. The van der Waals surface area contributed by atoms with Crippen LogP contribution in [-0.2, 0) is 0 Å². The largest absolute Gasteiger partial charge is 0.392 e. The molecule has 1 rings (SSSR count). The minimum absolute atomic E-state index is 0.140. The van der Waals surface area contributed by atoms with Gasteiger partial charge in [0, 0.05) is 30.1 Å². The van der Waals surface area contributed by atoms with Gasteiger partial charge in [-0.05, 0) is 20.3 Å². The van der Waals surface area contributed by atoms with Crippen molar-refractivity contribution in [2.75, 3.05) is 25.4 Å². The number of β-amino-alcohol motifs (C(OH)–C–C–N with tert-alkyl or cyclic N) is 1. The third-order valence-electron chi connectivity index (χ3n) is 2.44. The summed E-state index contributed by atoms with van der Waals surface area (Å²) in [4.78, 5) is 2.38. The molecule has 2 nitrogen and oxygen atoms in total. The standard InChI is InChI=1S/C10H21NOS/c1-4-9(12)7-11-5-6-13-10(2,3)8-11/h9,12H,4-8H2,1-3H3/t9-/m0/s1. The van der Waals surface area contributed by atoms with E-state index in [0.29, 0.717) is 4.75 Å². The van der Waals surface area contributed by atoms with Gasteiger partial charge in [0.1, 0.15) is 0 Å². The molecular formula is C10H21NOS. The second-order valence-electron chi connectivity index (χ2n) is 4.41. The fourth-order valence-electron chi connectivity index (χ4n) is 1.70. The van der Waals surface area contributed by atoms with E-state index in [1.165, 1.54) is 5.75 Å². The SMILES string of the molecule is CC[C@H](O)CN1CCSC(C)(C)C1. The summed E-state index contributed by atoms with van der Waals surface area (Å²) in [6.45, 7) is 9.68. The Bertz CT molecular complexity index is 161. The van der Waals surface area contributed by atoms with Gasteiger partial charge in [-0.15, -0.1) is 0 Å². The second kappa shape index (κ2) is 4.67. The minimum atomic E-state index is -0.140. The quantitative estimate of drug-likeness (QED) is 0.753. The Morgan fingerprint density at radius 3 is 2.77 bits per heavy atom. The third kappa shape index (κ3) is 3.88. The summed E-state index contributed by atoms with van der Waals surface area (Å²) in [6.07, 6.45) is 0.725. The van der Waals surface area contributed by atoms with Crippen molar-refractivity contribution in [3.8, 4) is 0 Å². The molecule has 1 fully saturated rings. The maximum atomic E-state index is 9.53. The van der Waals surface area contributed by atoms with Gasteiger partial charge in [-0.3, -0.25) is 4.90 Å². The molecule has 0 aliphatic carbocycles. The number of rotatable bonds is 3. The number of hydrogen-bond acceptors (Lipinski definition) is 3. The predicted molar refractivity (Wildman–Crippen MR) is 59.3 cm³/mol. The Hall–Kier alpha value is 0.270. The van der Waals surface area contributed by atoms with Crippen LogP contribution in [0.3, 0.4) is 0 Å². The van der Waals surface area contributed by atoms with E-state index in [-0.39, 0.29) is 6.10 Å². The molecule has 0 amide bonds. The van der Waals surface area contributed by atoms with Crippen LogP contribution in [0.4, 0.5) is 0 Å². The number of hydrogen-bond donors (Lipinski definition) is 1. The number of thioether (sulfide) groups is 1. The number of aliphatic hydroxyl groups excluding tert-OH is 1. The fourth-order valence-corrected chi connectivity index (χ4v) is 2.87. The van der Waals surface area contributed by atoms with Crippen molar-refractivity contribution in [2.24, 2.45) is 0 Å². The molecule has 1 N–H and O–H groups in total. The van der Waals surface area contributed by atoms with Crippen LogP contribution in [0.25, 0.3) is 0 Å². The van der Waals surface area contributed by atoms with Gasteiger partial charge < -0.3 is 5.11 Å². The molecule has 0 saturated carbocycles. The molecule has 1 aliphatic rings. The number of aliphatic hydroxyl groups is 1. The average molecular weight is 203 g/mol. The van der Waals surface area contributed by atoms with E-state index in [0.717, 1.165) is 26.1 Å². The highest BCUT2D eigenvalue weighted by Gasteiger charge is 2.27. The molecule has 1 saturated heterocycles. The molecule has 0 radical (unpaired) electrons. The van der Waals surface area contributed by atoms with Gasteiger partial charge >= 0.3 is 0 Å². The lowest BCUT2D eigenvalue weighted by Gasteiger charge is -2.38. The Labute approximate surface area is 85.7 Å². The van der Waals surface area contributed by atoms with E-state index in [2.05, 4.69) is 18.7 Å². The van der Waals surface area contributed by atoms with E-state index in [1.807, 2.05) is 18.7 Å². The van der Waals surface area contributed by atoms with Crippen LogP contribution >= 0.6 is 11.8 Å². The molecule has 0 unspecified atom stereocenters. The van der Waals surface area contributed by atoms with Crippen molar-refractivity contribution in [2.45, 2.75) is 38.0 Å². The minimum Gasteiger partial charge on any atom is -0.392 e. The lowest BCUT2D eigenvalue weighted by molar-refractivity contribution is 0.107. The van der Waals surface area contributed by atoms with Gasteiger partial charge in [0.05, 0.1) is 6.10 Å². The van der Waals surface area contributed by atoms with Crippen molar-refractivity contribution in [1.82, 2.24) is 4.90 Å². The van der Waals surface area contributed by atoms with Crippen LogP contribution in [0, 0.1) is 0 Å². The Kier molecular flexibility index (Phi) is 4.07. The monoisotopic (exact) mass is 203 g/mol. The van der Waals surface area contributed by atoms with E-state index in [4.69, 9.17) is 0 Å². The summed E-state index contributed by atoms with van der Waals surface area (Å²) in [6, 6.07) is 0. The van der Waals surface area contributed by atoms with Gasteiger partial charge in [0.25, 0.3) is 0 Å². The first-order valence-corrected chi connectivity index (χ1v) is 6.06. The van der Waals surface area contributed by atoms with Crippen molar-refractivity contribution >= 4 is 11.8 Å². The predicted octanol–water partition coefficient (Wildman–Crippen LogP) is 1.58. The maximum absolute atomic E-state index is 9.53. The highest BCUT2D eigenvalue weighted by Crippen LogP contribution is 2.29. The molecule has 0 bridgehead atoms. The highest BCUT2D eigenvalue weighted by atomic mass is 32.2. The van der Waals surface area contributed by atoms with Crippen LogP contribution in [-0.4, -0.2) is 46.2 Å². The van der Waals surface area contributed by atoms with E-state index < -0.39 is 0 Å². The lowest BCUT2D eigenvalue weighted by Crippen LogP contribution is -2.45. The van der Waals surface area contributed by atoms with E-state index in [9.17, 15) is 5.11 Å². The third-order valence-corrected chi connectivity index (χ3v) is 3.74. The normalized spacial score (nSPS) is 25.8. The van der Waals surface area contributed by atoms with E-state index in [1.54, 1.807) is 0 Å². The van der Waals surface area contributed by atoms with Crippen LogP contribution < -0.4 is 0 Å². The van der Waals surface area contributed by atoms with Crippen LogP contribution in [0.15, 0.2) is 0 Å². The molecule has 1 heterocycles. The first-order chi connectivity index (χ1) is 6.03. The fraction of sp³-hybridized carbons (Fsp3) is 1.00. The average Bonchev–Trinajstić information content (AvgIpc) is 2.02. The molecule has 0 spiro atoms. The molecule has 1 atom stereocenters. The van der Waals surface area contributed by atoms with Crippen molar-refractivity contribution in [3.05, 3.63) is 0 Å². The van der Waals surface area contributed by atoms with Gasteiger partial charge in [-0.2, -0.15) is 11.8 Å². The molecule has 78 valence electrons. The van der Waals surface area contributed by atoms with Gasteiger partial charge in [0.2, 0.25) is 0 Å². The smallest absolute Gasteiger partial charge is 0.0664 e. The summed E-state index contributed by atoms with van der Waals surface area (Å²) >= 11 is 2.04. The zero-order valence-corrected chi connectivity index (χ0v) is 9.73. The topological polar surface area (TPSA) is 23.5 Å².